The molecule has 3 rings (SSSR count). The number of nitrogens with one attached hydrogen (secondary N) is 2. The van der Waals surface area contributed by atoms with E-state index in [1.807, 2.05) is 6.92 Å². The van der Waals surface area contributed by atoms with Crippen molar-refractivity contribution in [3.63, 3.8) is 0 Å². The van der Waals surface area contributed by atoms with Gasteiger partial charge < -0.3 is 15.5 Å². The van der Waals surface area contributed by atoms with Crippen LogP contribution in [0.4, 0.5) is 10.5 Å². The molecule has 28 heavy (non-hydrogen) atoms. The molecule has 150 valence electrons. The molecule has 1 aromatic rings. The van der Waals surface area contributed by atoms with Gasteiger partial charge in [0.1, 0.15) is 12.1 Å². The van der Waals surface area contributed by atoms with Gasteiger partial charge in [-0.2, -0.15) is 0 Å². The Morgan fingerprint density at radius 3 is 2.50 bits per heavy atom. The van der Waals surface area contributed by atoms with Crippen LogP contribution in [0.1, 0.15) is 43.0 Å². The van der Waals surface area contributed by atoms with Gasteiger partial charge >= 0.3 is 6.03 Å². The number of amides is 5. The lowest BCUT2D eigenvalue weighted by Gasteiger charge is -2.36. The van der Waals surface area contributed by atoms with Crippen molar-refractivity contribution in [2.24, 2.45) is 5.92 Å². The number of hydrogen-bond donors (Lipinski definition) is 2. The van der Waals surface area contributed by atoms with Crippen molar-refractivity contribution in [3.8, 4) is 0 Å². The summed E-state index contributed by atoms with van der Waals surface area (Å²) in [5.74, 6) is -0.862. The average molecular weight is 386 g/mol. The van der Waals surface area contributed by atoms with Gasteiger partial charge in [-0.1, -0.05) is 19.8 Å². The maximum Gasteiger partial charge on any atom is 0.325 e. The van der Waals surface area contributed by atoms with Crippen molar-refractivity contribution < 1.29 is 19.2 Å². The Kier molecular flexibility index (Phi) is 5.40. The highest BCUT2D eigenvalue weighted by atomic mass is 16.2. The van der Waals surface area contributed by atoms with E-state index in [1.54, 1.807) is 38.4 Å². The van der Waals surface area contributed by atoms with Crippen LogP contribution >= 0.6 is 0 Å². The molecule has 0 aromatic heterocycles. The van der Waals surface area contributed by atoms with Gasteiger partial charge in [-0.15, -0.1) is 0 Å². The maximum absolute atomic E-state index is 12.9. The summed E-state index contributed by atoms with van der Waals surface area (Å²) in [4.78, 5) is 52.0. The monoisotopic (exact) mass is 386 g/mol. The number of urea groups is 1. The highest BCUT2D eigenvalue weighted by molar-refractivity contribution is 6.10. The summed E-state index contributed by atoms with van der Waals surface area (Å²) in [5.41, 5.74) is 0.127. The third-order valence-electron chi connectivity index (χ3n) is 5.62. The normalized spacial score (nSPS) is 24.2. The summed E-state index contributed by atoms with van der Waals surface area (Å²) >= 11 is 0. The maximum atomic E-state index is 12.9. The number of hydrogen-bond acceptors (Lipinski definition) is 4. The third kappa shape index (κ3) is 3.58. The molecule has 8 nitrogen and oxygen atoms in total. The van der Waals surface area contributed by atoms with E-state index >= 15 is 0 Å². The zero-order valence-corrected chi connectivity index (χ0v) is 16.4. The Morgan fingerprint density at radius 2 is 1.89 bits per heavy atom. The zero-order valence-electron chi connectivity index (χ0n) is 16.4. The molecule has 2 aliphatic rings. The summed E-state index contributed by atoms with van der Waals surface area (Å²) in [6.07, 6.45) is 3.41. The molecule has 8 heteroatoms. The fourth-order valence-corrected chi connectivity index (χ4v) is 3.94. The van der Waals surface area contributed by atoms with Crippen LogP contribution in [0, 0.1) is 5.92 Å². The average Bonchev–Trinajstić information content (AvgIpc) is 2.89. The summed E-state index contributed by atoms with van der Waals surface area (Å²) in [6, 6.07) is 5.95. The van der Waals surface area contributed by atoms with Gasteiger partial charge in [0.25, 0.3) is 11.8 Å². The largest absolute Gasteiger partial charge is 0.345 e. The highest BCUT2D eigenvalue weighted by Gasteiger charge is 2.55. The number of carbonyl (C=O) groups excluding carboxylic acids is 4. The summed E-state index contributed by atoms with van der Waals surface area (Å²) in [7, 11) is 3.33. The van der Waals surface area contributed by atoms with Crippen molar-refractivity contribution >= 4 is 29.4 Å². The van der Waals surface area contributed by atoms with Crippen LogP contribution in [0.2, 0.25) is 0 Å². The topological polar surface area (TPSA) is 98.8 Å². The first-order valence-corrected chi connectivity index (χ1v) is 9.50. The van der Waals surface area contributed by atoms with Crippen LogP contribution in [-0.4, -0.2) is 59.7 Å². The van der Waals surface area contributed by atoms with E-state index in [-0.39, 0.29) is 24.3 Å². The quantitative estimate of drug-likeness (QED) is 0.771. The van der Waals surface area contributed by atoms with E-state index in [0.29, 0.717) is 17.7 Å². The standard InChI is InChI=1S/C20H26N4O4/c1-13-6-4-5-11-20(13)18(27)24(19(28)22-20)12-16(25)21-15-9-7-14(8-10-15)17(26)23(2)3/h7-10,13H,4-6,11-12H2,1-3H3,(H,21,25)(H,22,28)/t13-,20+/m0/s1. The van der Waals surface area contributed by atoms with Gasteiger partial charge in [-0.25, -0.2) is 4.79 Å². The Balaban J connectivity index is 1.64. The minimum atomic E-state index is -0.871. The van der Waals surface area contributed by atoms with Crippen molar-refractivity contribution in [1.29, 1.82) is 0 Å². The fraction of sp³-hybridized carbons (Fsp3) is 0.500. The van der Waals surface area contributed by atoms with Crippen LogP contribution < -0.4 is 10.6 Å². The van der Waals surface area contributed by atoms with Gasteiger partial charge in [0.2, 0.25) is 5.91 Å². The predicted octanol–water partition coefficient (Wildman–Crippen LogP) is 1.83. The predicted molar refractivity (Wildman–Crippen MR) is 104 cm³/mol. The van der Waals surface area contributed by atoms with Crippen LogP contribution in [0.3, 0.4) is 0 Å². The third-order valence-corrected chi connectivity index (χ3v) is 5.62. The molecule has 5 amide bonds. The van der Waals surface area contributed by atoms with E-state index < -0.39 is 17.5 Å². The van der Waals surface area contributed by atoms with Crippen LogP contribution in [0.5, 0.6) is 0 Å². The molecule has 0 bridgehead atoms. The Labute approximate surface area is 164 Å². The van der Waals surface area contributed by atoms with E-state index in [0.717, 1.165) is 24.2 Å². The lowest BCUT2D eigenvalue weighted by atomic mass is 9.73. The Bertz CT molecular complexity index is 805. The second kappa shape index (κ2) is 7.61. The lowest BCUT2D eigenvalue weighted by Crippen LogP contribution is -2.54. The number of anilines is 1. The number of rotatable bonds is 4. The first kappa shape index (κ1) is 19.9. The van der Waals surface area contributed by atoms with Crippen LogP contribution in [0.15, 0.2) is 24.3 Å². The first-order chi connectivity index (χ1) is 13.2. The molecule has 2 N–H and O–H groups in total. The van der Waals surface area contributed by atoms with Gasteiger partial charge in [0, 0.05) is 25.3 Å². The SMILES string of the molecule is C[C@H]1CCCC[C@@]12NC(=O)N(CC(=O)Nc1ccc(C(=O)N(C)C)cc1)C2=O. The molecular weight excluding hydrogens is 360 g/mol. The Morgan fingerprint density at radius 1 is 1.21 bits per heavy atom. The molecule has 1 heterocycles. The van der Waals surface area contributed by atoms with Crippen molar-refractivity contribution in [2.45, 2.75) is 38.1 Å². The Hall–Kier alpha value is -2.90. The highest BCUT2D eigenvalue weighted by Crippen LogP contribution is 2.38. The van der Waals surface area contributed by atoms with Gasteiger partial charge in [0.15, 0.2) is 0 Å². The van der Waals surface area contributed by atoms with E-state index in [9.17, 15) is 19.2 Å². The second-order valence-corrected chi connectivity index (χ2v) is 7.76. The van der Waals surface area contributed by atoms with Gasteiger partial charge in [0.05, 0.1) is 0 Å². The van der Waals surface area contributed by atoms with Gasteiger partial charge in [-0.05, 0) is 43.0 Å². The molecule has 1 aliphatic heterocycles. The van der Waals surface area contributed by atoms with E-state index in [1.165, 1.54) is 4.90 Å². The molecule has 0 unspecified atom stereocenters. The molecule has 1 spiro atoms. The van der Waals surface area contributed by atoms with Gasteiger partial charge in [-0.3, -0.25) is 19.3 Å². The molecule has 2 atom stereocenters. The fourth-order valence-electron chi connectivity index (χ4n) is 3.94. The number of nitrogens with zero attached hydrogens (tertiary/aromatic N) is 2. The molecule has 1 aromatic carbocycles. The number of carbonyl (C=O) groups is 4. The smallest absolute Gasteiger partial charge is 0.325 e. The van der Waals surface area contributed by atoms with Crippen LogP contribution in [-0.2, 0) is 9.59 Å². The molecule has 2 fully saturated rings. The van der Waals surface area contributed by atoms with E-state index in [4.69, 9.17) is 0 Å². The minimum absolute atomic E-state index is 0.0486. The zero-order chi connectivity index (χ0) is 20.5. The first-order valence-electron chi connectivity index (χ1n) is 9.50. The van der Waals surface area contributed by atoms with E-state index in [2.05, 4.69) is 10.6 Å². The molecule has 1 aliphatic carbocycles. The summed E-state index contributed by atoms with van der Waals surface area (Å²) in [6.45, 7) is 1.63. The van der Waals surface area contributed by atoms with Crippen LogP contribution in [0.25, 0.3) is 0 Å². The minimum Gasteiger partial charge on any atom is -0.345 e. The molecule has 1 saturated carbocycles. The molecule has 1 saturated heterocycles. The molecule has 0 radical (unpaired) electrons. The number of benzene rings is 1. The van der Waals surface area contributed by atoms with Crippen molar-refractivity contribution in [3.05, 3.63) is 29.8 Å². The van der Waals surface area contributed by atoms with Crippen molar-refractivity contribution in [1.82, 2.24) is 15.1 Å². The lowest BCUT2D eigenvalue weighted by molar-refractivity contribution is -0.136. The number of imide groups is 1. The second-order valence-electron chi connectivity index (χ2n) is 7.76. The summed E-state index contributed by atoms with van der Waals surface area (Å²) in [5, 5.41) is 5.50. The molecular formula is C20H26N4O4. The van der Waals surface area contributed by atoms with Crippen molar-refractivity contribution in [2.75, 3.05) is 26.0 Å². The summed E-state index contributed by atoms with van der Waals surface area (Å²) < 4.78 is 0.